The molecule has 6 heteroatoms. The van der Waals surface area contributed by atoms with Gasteiger partial charge in [0.15, 0.2) is 0 Å². The number of aromatic amines is 1. The van der Waals surface area contributed by atoms with E-state index in [2.05, 4.69) is 10.1 Å². The molecule has 0 saturated heterocycles. The molecule has 0 bridgehead atoms. The van der Waals surface area contributed by atoms with Crippen molar-refractivity contribution in [1.82, 2.24) is 14.8 Å². The molecular weight excluding hydrogens is 221 g/mol. The number of hydrogen-bond acceptors (Lipinski definition) is 2. The standard InChI is InChI=1S/C9H9N3O2.K.H/c13-9(14)7-4-11-12(5-7)6-8-2-1-3-10-8;;/h1-5,10H,6H2,(H,13,14);;/q;+1;-1. The van der Waals surface area contributed by atoms with Crippen molar-refractivity contribution < 1.29 is 62.7 Å². The minimum Gasteiger partial charge on any atom is -1.00 e. The quantitative estimate of drug-likeness (QED) is 0.605. The van der Waals surface area contributed by atoms with Gasteiger partial charge in [-0.3, -0.25) is 4.68 Å². The van der Waals surface area contributed by atoms with Crippen LogP contribution in [0.15, 0.2) is 30.7 Å². The van der Waals surface area contributed by atoms with Gasteiger partial charge >= 0.3 is 57.4 Å². The van der Waals surface area contributed by atoms with Gasteiger partial charge in [0.25, 0.3) is 0 Å². The number of carbonyl (C=O) groups is 1. The van der Waals surface area contributed by atoms with Gasteiger partial charge in [0.05, 0.1) is 18.3 Å². The molecule has 2 N–H and O–H groups in total. The molecular formula is C9H10KN3O2. The molecule has 0 aromatic carbocycles. The van der Waals surface area contributed by atoms with E-state index in [4.69, 9.17) is 5.11 Å². The number of rotatable bonds is 3. The molecule has 2 aromatic heterocycles. The van der Waals surface area contributed by atoms with Gasteiger partial charge in [-0.1, -0.05) is 0 Å². The van der Waals surface area contributed by atoms with Crippen molar-refractivity contribution in [3.05, 3.63) is 42.0 Å². The van der Waals surface area contributed by atoms with Crippen molar-refractivity contribution in [3.63, 3.8) is 0 Å². The van der Waals surface area contributed by atoms with Gasteiger partial charge in [-0.25, -0.2) is 4.79 Å². The molecule has 0 aliphatic heterocycles. The molecule has 2 aromatic rings. The first-order valence-electron chi connectivity index (χ1n) is 4.14. The summed E-state index contributed by atoms with van der Waals surface area (Å²) in [6.07, 6.45) is 4.66. The van der Waals surface area contributed by atoms with Crippen molar-refractivity contribution in [3.8, 4) is 0 Å². The molecule has 0 atom stereocenters. The first-order valence-corrected chi connectivity index (χ1v) is 4.14. The Kier molecular flexibility index (Phi) is 4.74. The molecule has 0 fully saturated rings. The van der Waals surface area contributed by atoms with Gasteiger partial charge in [-0.15, -0.1) is 0 Å². The van der Waals surface area contributed by atoms with E-state index in [-0.39, 0.29) is 58.4 Å². The Morgan fingerprint density at radius 1 is 1.67 bits per heavy atom. The summed E-state index contributed by atoms with van der Waals surface area (Å²) < 4.78 is 1.58. The van der Waals surface area contributed by atoms with E-state index in [1.807, 2.05) is 18.3 Å². The Bertz CT molecular complexity index is 441. The molecule has 74 valence electrons. The maximum atomic E-state index is 10.6. The van der Waals surface area contributed by atoms with Gasteiger partial charge in [0.2, 0.25) is 0 Å². The minimum atomic E-state index is -0.956. The Hall–Kier alpha value is -0.404. The largest absolute Gasteiger partial charge is 1.00 e. The zero-order chi connectivity index (χ0) is 9.97. The van der Waals surface area contributed by atoms with Crippen molar-refractivity contribution in [2.75, 3.05) is 0 Å². The predicted molar refractivity (Wildman–Crippen MR) is 50.2 cm³/mol. The molecule has 0 radical (unpaired) electrons. The third kappa shape index (κ3) is 3.28. The molecule has 15 heavy (non-hydrogen) atoms. The van der Waals surface area contributed by atoms with E-state index in [0.29, 0.717) is 6.54 Å². The fraction of sp³-hybridized carbons (Fsp3) is 0.111. The summed E-state index contributed by atoms with van der Waals surface area (Å²) in [7, 11) is 0. The molecule has 0 saturated carbocycles. The van der Waals surface area contributed by atoms with Crippen molar-refractivity contribution in [2.24, 2.45) is 0 Å². The zero-order valence-corrected chi connectivity index (χ0v) is 11.5. The normalized spacial score (nSPS) is 9.60. The zero-order valence-electron chi connectivity index (χ0n) is 9.34. The molecule has 0 unspecified atom stereocenters. The fourth-order valence-electron chi connectivity index (χ4n) is 1.20. The predicted octanol–water partition coefficient (Wildman–Crippen LogP) is -1.93. The first kappa shape index (κ1) is 12.7. The van der Waals surface area contributed by atoms with Crippen LogP contribution >= 0.6 is 0 Å². The number of carboxylic acid groups (broad SMARTS) is 1. The molecule has 5 nitrogen and oxygen atoms in total. The summed E-state index contributed by atoms with van der Waals surface area (Å²) in [4.78, 5) is 13.6. The van der Waals surface area contributed by atoms with Gasteiger partial charge in [0, 0.05) is 18.1 Å². The van der Waals surface area contributed by atoms with Crippen LogP contribution in [0.1, 0.15) is 17.5 Å². The summed E-state index contributed by atoms with van der Waals surface area (Å²) >= 11 is 0. The summed E-state index contributed by atoms with van der Waals surface area (Å²) in [5.74, 6) is -0.956. The maximum absolute atomic E-state index is 10.6. The second-order valence-electron chi connectivity index (χ2n) is 2.93. The van der Waals surface area contributed by atoms with Crippen LogP contribution in [0.4, 0.5) is 0 Å². The van der Waals surface area contributed by atoms with Crippen LogP contribution < -0.4 is 51.4 Å². The molecule has 0 aliphatic rings. The number of hydrogen-bond donors (Lipinski definition) is 2. The van der Waals surface area contributed by atoms with Crippen LogP contribution in [-0.4, -0.2) is 25.8 Å². The Balaban J connectivity index is 0.00000112. The second kappa shape index (κ2) is 5.62. The van der Waals surface area contributed by atoms with E-state index in [0.717, 1.165) is 5.69 Å². The van der Waals surface area contributed by atoms with E-state index in [9.17, 15) is 4.79 Å². The van der Waals surface area contributed by atoms with Crippen molar-refractivity contribution in [2.45, 2.75) is 6.54 Å². The van der Waals surface area contributed by atoms with Crippen LogP contribution in [-0.2, 0) is 6.54 Å². The number of nitrogens with zero attached hydrogens (tertiary/aromatic N) is 2. The monoisotopic (exact) mass is 231 g/mol. The number of aromatic nitrogens is 3. The molecule has 2 heterocycles. The molecule has 2 rings (SSSR count). The van der Waals surface area contributed by atoms with Crippen LogP contribution in [0.2, 0.25) is 0 Å². The average Bonchev–Trinajstić information content (AvgIpc) is 2.75. The average molecular weight is 231 g/mol. The smallest absolute Gasteiger partial charge is 1.00 e. The topological polar surface area (TPSA) is 70.9 Å². The van der Waals surface area contributed by atoms with Gasteiger partial charge in [-0.2, -0.15) is 5.10 Å². The number of aromatic carboxylic acids is 1. The van der Waals surface area contributed by atoms with E-state index in [1.54, 1.807) is 4.68 Å². The molecule has 0 spiro atoms. The third-order valence-corrected chi connectivity index (χ3v) is 1.87. The number of nitrogens with one attached hydrogen (secondary N) is 1. The maximum Gasteiger partial charge on any atom is 1.00 e. The summed E-state index contributed by atoms with van der Waals surface area (Å²) in [6.45, 7) is 0.556. The second-order valence-corrected chi connectivity index (χ2v) is 2.93. The molecule has 0 amide bonds. The van der Waals surface area contributed by atoms with Crippen molar-refractivity contribution >= 4 is 5.97 Å². The number of H-pyrrole nitrogens is 1. The first-order chi connectivity index (χ1) is 6.75. The Morgan fingerprint density at radius 3 is 3.00 bits per heavy atom. The SMILES string of the molecule is O=C(O)c1cnn(Cc2ccc[nH]2)c1.[H-].[K+]. The van der Waals surface area contributed by atoms with E-state index >= 15 is 0 Å². The van der Waals surface area contributed by atoms with E-state index in [1.165, 1.54) is 12.4 Å². The van der Waals surface area contributed by atoms with Gasteiger partial charge in [0.1, 0.15) is 0 Å². The van der Waals surface area contributed by atoms with Crippen LogP contribution in [0.5, 0.6) is 0 Å². The fourth-order valence-corrected chi connectivity index (χ4v) is 1.20. The van der Waals surface area contributed by atoms with Crippen LogP contribution in [0, 0.1) is 0 Å². The van der Waals surface area contributed by atoms with Crippen LogP contribution in [0.3, 0.4) is 0 Å². The summed E-state index contributed by atoms with van der Waals surface area (Å²) in [5, 5.41) is 12.6. The van der Waals surface area contributed by atoms with E-state index < -0.39 is 5.97 Å². The molecule has 0 aliphatic carbocycles. The van der Waals surface area contributed by atoms with Gasteiger partial charge < -0.3 is 11.5 Å². The Morgan fingerprint density at radius 2 is 2.47 bits per heavy atom. The van der Waals surface area contributed by atoms with Gasteiger partial charge in [-0.05, 0) is 12.1 Å². The third-order valence-electron chi connectivity index (χ3n) is 1.87. The van der Waals surface area contributed by atoms with Crippen LogP contribution in [0.25, 0.3) is 0 Å². The summed E-state index contributed by atoms with van der Waals surface area (Å²) in [6, 6.07) is 3.80. The Labute approximate surface area is 130 Å². The summed E-state index contributed by atoms with van der Waals surface area (Å²) in [5.41, 5.74) is 1.20. The van der Waals surface area contributed by atoms with Crippen molar-refractivity contribution in [1.29, 1.82) is 0 Å². The minimum absolute atomic E-state index is 0. The number of carboxylic acids is 1.